The molecule has 0 aliphatic heterocycles. The molecule has 0 radical (unpaired) electrons. The van der Waals surface area contributed by atoms with Gasteiger partial charge < -0.3 is 9.84 Å². The normalized spacial score (nSPS) is 11.6. The van der Waals surface area contributed by atoms with Crippen molar-refractivity contribution in [2.24, 2.45) is 0 Å². The number of anilines is 1. The lowest BCUT2D eigenvalue weighted by molar-refractivity contribution is 0.102. The Labute approximate surface area is 166 Å². The van der Waals surface area contributed by atoms with E-state index >= 15 is 0 Å². The minimum absolute atomic E-state index is 0.0689. The molecule has 1 aromatic heterocycles. The van der Waals surface area contributed by atoms with Crippen LogP contribution in [0.3, 0.4) is 0 Å². The highest BCUT2D eigenvalue weighted by Crippen LogP contribution is 2.22. The zero-order valence-corrected chi connectivity index (χ0v) is 17.1. The number of carbonyl (C=O) groups is 1. The summed E-state index contributed by atoms with van der Waals surface area (Å²) >= 11 is 0. The highest BCUT2D eigenvalue weighted by atomic mass is 16.5. The van der Waals surface area contributed by atoms with Crippen molar-refractivity contribution < 1.29 is 9.32 Å². The molecule has 0 bridgehead atoms. The first-order chi connectivity index (χ1) is 13.2. The van der Waals surface area contributed by atoms with Crippen LogP contribution in [-0.2, 0) is 11.8 Å². The zero-order valence-electron chi connectivity index (χ0n) is 17.1. The molecular weight excluding hydrogens is 350 g/mol. The zero-order chi connectivity index (χ0) is 20.3. The predicted octanol–water partition coefficient (Wildman–Crippen LogP) is 5.33. The molecule has 0 fully saturated rings. The number of carbonyl (C=O) groups excluding carboxylic acids is 1. The van der Waals surface area contributed by atoms with Crippen molar-refractivity contribution in [2.75, 3.05) is 5.32 Å². The Morgan fingerprint density at radius 2 is 1.68 bits per heavy atom. The Morgan fingerprint density at radius 1 is 1.04 bits per heavy atom. The second-order valence-corrected chi connectivity index (χ2v) is 8.36. The van der Waals surface area contributed by atoms with Crippen LogP contribution in [0.5, 0.6) is 0 Å². The van der Waals surface area contributed by atoms with Crippen LogP contribution in [0.25, 0.3) is 0 Å². The van der Waals surface area contributed by atoms with E-state index in [0.29, 0.717) is 23.7 Å². The summed E-state index contributed by atoms with van der Waals surface area (Å²) < 4.78 is 5.23. The lowest BCUT2D eigenvalue weighted by Crippen LogP contribution is -2.14. The summed E-state index contributed by atoms with van der Waals surface area (Å²) in [5, 5.41) is 6.95. The molecule has 5 nitrogen and oxygen atoms in total. The molecule has 3 rings (SSSR count). The first-order valence-corrected chi connectivity index (χ1v) is 9.55. The number of hydrogen-bond donors (Lipinski definition) is 1. The molecule has 0 unspecified atom stereocenters. The van der Waals surface area contributed by atoms with Crippen molar-refractivity contribution in [3.63, 3.8) is 0 Å². The molecule has 5 heteroatoms. The van der Waals surface area contributed by atoms with E-state index in [1.54, 1.807) is 0 Å². The van der Waals surface area contributed by atoms with Gasteiger partial charge in [-0.1, -0.05) is 64.0 Å². The number of rotatable bonds is 5. The lowest BCUT2D eigenvalue weighted by atomic mass is 9.87. The predicted molar refractivity (Wildman–Crippen MR) is 111 cm³/mol. The van der Waals surface area contributed by atoms with Gasteiger partial charge in [-0.3, -0.25) is 4.79 Å². The van der Waals surface area contributed by atoms with Crippen LogP contribution in [0, 0.1) is 0 Å². The number of aromatic nitrogens is 2. The van der Waals surface area contributed by atoms with E-state index in [9.17, 15) is 4.79 Å². The van der Waals surface area contributed by atoms with Crippen molar-refractivity contribution >= 4 is 11.6 Å². The van der Waals surface area contributed by atoms with Gasteiger partial charge in [-0.15, -0.1) is 0 Å². The van der Waals surface area contributed by atoms with Gasteiger partial charge >= 0.3 is 0 Å². The molecule has 1 amide bonds. The van der Waals surface area contributed by atoms with Gasteiger partial charge in [0, 0.05) is 23.6 Å². The van der Waals surface area contributed by atoms with Crippen LogP contribution in [-0.4, -0.2) is 16.0 Å². The van der Waals surface area contributed by atoms with Crippen LogP contribution in [0.1, 0.15) is 73.7 Å². The van der Waals surface area contributed by atoms with E-state index in [0.717, 1.165) is 11.3 Å². The Hall–Kier alpha value is -2.95. The average Bonchev–Trinajstić information content (AvgIpc) is 3.11. The molecule has 1 N–H and O–H groups in total. The smallest absolute Gasteiger partial charge is 0.255 e. The highest BCUT2D eigenvalue weighted by molar-refractivity contribution is 6.04. The summed E-state index contributed by atoms with van der Waals surface area (Å²) in [5.41, 5.74) is 3.73. The molecular formula is C23H27N3O2. The third kappa shape index (κ3) is 4.85. The molecule has 1 heterocycles. The second kappa shape index (κ2) is 7.97. The Kier molecular flexibility index (Phi) is 5.63. The monoisotopic (exact) mass is 377 g/mol. The first kappa shape index (κ1) is 19.8. The van der Waals surface area contributed by atoms with Gasteiger partial charge in [0.2, 0.25) is 5.89 Å². The van der Waals surface area contributed by atoms with Crippen molar-refractivity contribution in [1.82, 2.24) is 10.1 Å². The van der Waals surface area contributed by atoms with Crippen molar-refractivity contribution in [1.29, 1.82) is 0 Å². The standard InChI is InChI=1S/C23H27N3O2/c1-15(2)22-25-20(26-28-22)14-16-6-12-19(13-7-16)24-21(27)17-8-10-18(11-9-17)23(3,4)5/h6-13,15H,14H2,1-5H3,(H,24,27). The van der Waals surface area contributed by atoms with Crippen LogP contribution in [0.2, 0.25) is 0 Å². The summed E-state index contributed by atoms with van der Waals surface area (Å²) in [5.74, 6) is 1.42. The number of hydrogen-bond acceptors (Lipinski definition) is 4. The quantitative estimate of drug-likeness (QED) is 0.652. The van der Waals surface area contributed by atoms with E-state index in [2.05, 4.69) is 36.2 Å². The van der Waals surface area contributed by atoms with Gasteiger partial charge in [0.15, 0.2) is 5.82 Å². The third-order valence-corrected chi connectivity index (χ3v) is 4.56. The lowest BCUT2D eigenvalue weighted by Gasteiger charge is -2.19. The van der Waals surface area contributed by atoms with E-state index in [1.807, 2.05) is 62.4 Å². The molecule has 28 heavy (non-hydrogen) atoms. The molecule has 0 atom stereocenters. The first-order valence-electron chi connectivity index (χ1n) is 9.55. The Bertz CT molecular complexity index is 933. The van der Waals surface area contributed by atoms with Gasteiger partial charge in [0.25, 0.3) is 5.91 Å². The van der Waals surface area contributed by atoms with Gasteiger partial charge in [-0.2, -0.15) is 4.98 Å². The molecule has 0 saturated heterocycles. The maximum Gasteiger partial charge on any atom is 0.255 e. The van der Waals surface area contributed by atoms with Crippen molar-refractivity contribution in [3.8, 4) is 0 Å². The number of amides is 1. The maximum absolute atomic E-state index is 12.5. The van der Waals surface area contributed by atoms with Gasteiger partial charge in [0.1, 0.15) is 0 Å². The number of benzene rings is 2. The van der Waals surface area contributed by atoms with Crippen LogP contribution in [0.15, 0.2) is 53.1 Å². The molecule has 0 aliphatic carbocycles. The van der Waals surface area contributed by atoms with E-state index in [1.165, 1.54) is 5.56 Å². The van der Waals surface area contributed by atoms with Crippen molar-refractivity contribution in [2.45, 2.75) is 52.4 Å². The largest absolute Gasteiger partial charge is 0.339 e. The van der Waals surface area contributed by atoms with Crippen LogP contribution in [0.4, 0.5) is 5.69 Å². The highest BCUT2D eigenvalue weighted by Gasteiger charge is 2.14. The SMILES string of the molecule is CC(C)c1nc(Cc2ccc(NC(=O)c3ccc(C(C)(C)C)cc3)cc2)no1. The van der Waals surface area contributed by atoms with Gasteiger partial charge in [0.05, 0.1) is 0 Å². The molecule has 0 saturated carbocycles. The van der Waals surface area contributed by atoms with Crippen LogP contribution < -0.4 is 5.32 Å². The second-order valence-electron chi connectivity index (χ2n) is 8.36. The maximum atomic E-state index is 12.5. The summed E-state index contributed by atoms with van der Waals surface area (Å²) in [6, 6.07) is 15.5. The molecule has 0 aliphatic rings. The van der Waals surface area contributed by atoms with E-state index in [4.69, 9.17) is 4.52 Å². The summed E-state index contributed by atoms with van der Waals surface area (Å²) in [6.07, 6.45) is 0.596. The fraction of sp³-hybridized carbons (Fsp3) is 0.348. The van der Waals surface area contributed by atoms with Crippen molar-refractivity contribution in [3.05, 3.63) is 76.9 Å². The van der Waals surface area contributed by atoms with Gasteiger partial charge in [-0.25, -0.2) is 0 Å². The van der Waals surface area contributed by atoms with Crippen LogP contribution >= 0.6 is 0 Å². The summed E-state index contributed by atoms with van der Waals surface area (Å²) in [4.78, 5) is 16.9. The average molecular weight is 377 g/mol. The molecule has 0 spiro atoms. The fourth-order valence-electron chi connectivity index (χ4n) is 2.79. The molecule has 2 aromatic carbocycles. The Balaban J connectivity index is 1.62. The topological polar surface area (TPSA) is 68.0 Å². The third-order valence-electron chi connectivity index (χ3n) is 4.56. The summed E-state index contributed by atoms with van der Waals surface area (Å²) in [7, 11) is 0. The number of nitrogens with one attached hydrogen (secondary N) is 1. The van der Waals surface area contributed by atoms with E-state index < -0.39 is 0 Å². The minimum Gasteiger partial charge on any atom is -0.339 e. The molecule has 3 aromatic rings. The van der Waals surface area contributed by atoms with E-state index in [-0.39, 0.29) is 17.2 Å². The number of nitrogens with zero attached hydrogens (tertiary/aromatic N) is 2. The fourth-order valence-corrected chi connectivity index (χ4v) is 2.79. The molecule has 146 valence electrons. The Morgan fingerprint density at radius 3 is 2.21 bits per heavy atom. The minimum atomic E-state index is -0.118. The van der Waals surface area contributed by atoms with Gasteiger partial charge in [-0.05, 0) is 40.8 Å². The summed E-state index contributed by atoms with van der Waals surface area (Å²) in [6.45, 7) is 10.5.